The van der Waals surface area contributed by atoms with Gasteiger partial charge in [-0.15, -0.1) is 0 Å². The van der Waals surface area contributed by atoms with Gasteiger partial charge in [0.2, 0.25) is 0 Å². The first-order valence-corrected chi connectivity index (χ1v) is 9.62. The van der Waals surface area contributed by atoms with E-state index < -0.39 is 5.97 Å². The van der Waals surface area contributed by atoms with Crippen molar-refractivity contribution >= 4 is 11.5 Å². The molecule has 0 saturated carbocycles. The molecule has 0 spiro atoms. The largest absolute Gasteiger partial charge is 0.500 e. The third-order valence-corrected chi connectivity index (χ3v) is 4.96. The summed E-state index contributed by atoms with van der Waals surface area (Å²) < 4.78 is 5.86. The Morgan fingerprint density at radius 1 is 1.07 bits per heavy atom. The van der Waals surface area contributed by atoms with Crippen LogP contribution in [0.2, 0.25) is 0 Å². The number of benzene rings is 2. The molecular formula is C23H27NO3. The predicted molar refractivity (Wildman–Crippen MR) is 107 cm³/mol. The van der Waals surface area contributed by atoms with E-state index in [4.69, 9.17) is 4.74 Å². The SMILES string of the molecule is O=C(O)[C@@H]1CCCN(CCCOC=C(c2ccccc2)c2ccccc2)C1. The summed E-state index contributed by atoms with van der Waals surface area (Å²) >= 11 is 0. The number of ether oxygens (including phenoxy) is 1. The molecule has 4 nitrogen and oxygen atoms in total. The van der Waals surface area contributed by atoms with Gasteiger partial charge in [-0.1, -0.05) is 60.7 Å². The molecule has 2 aromatic carbocycles. The molecule has 1 aliphatic rings. The van der Waals surface area contributed by atoms with Gasteiger partial charge in [-0.2, -0.15) is 0 Å². The third kappa shape index (κ3) is 5.69. The number of hydrogen-bond acceptors (Lipinski definition) is 3. The summed E-state index contributed by atoms with van der Waals surface area (Å²) in [7, 11) is 0. The minimum Gasteiger partial charge on any atom is -0.500 e. The Balaban J connectivity index is 1.54. The normalized spacial score (nSPS) is 17.3. The summed E-state index contributed by atoms with van der Waals surface area (Å²) in [6.45, 7) is 3.14. The highest BCUT2D eigenvalue weighted by Gasteiger charge is 2.24. The van der Waals surface area contributed by atoms with Gasteiger partial charge in [0.15, 0.2) is 0 Å². The first-order chi connectivity index (χ1) is 13.2. The van der Waals surface area contributed by atoms with Gasteiger partial charge in [-0.3, -0.25) is 4.79 Å². The Labute approximate surface area is 161 Å². The van der Waals surface area contributed by atoms with Crippen molar-refractivity contribution in [2.24, 2.45) is 5.92 Å². The number of aliphatic carboxylic acids is 1. The number of piperidine rings is 1. The maximum absolute atomic E-state index is 11.2. The summed E-state index contributed by atoms with van der Waals surface area (Å²) in [4.78, 5) is 13.4. The number of hydrogen-bond donors (Lipinski definition) is 1. The first kappa shape index (κ1) is 19.2. The maximum Gasteiger partial charge on any atom is 0.307 e. The number of carboxylic acids is 1. The molecule has 1 N–H and O–H groups in total. The van der Waals surface area contributed by atoms with E-state index in [0.29, 0.717) is 13.2 Å². The fourth-order valence-corrected chi connectivity index (χ4v) is 3.51. The van der Waals surface area contributed by atoms with E-state index in [0.717, 1.165) is 49.1 Å². The summed E-state index contributed by atoms with van der Waals surface area (Å²) in [5.74, 6) is -0.892. The summed E-state index contributed by atoms with van der Waals surface area (Å²) in [5.41, 5.74) is 3.33. The molecule has 1 saturated heterocycles. The highest BCUT2D eigenvalue weighted by molar-refractivity contribution is 5.78. The zero-order chi connectivity index (χ0) is 18.9. The van der Waals surface area contributed by atoms with Crippen molar-refractivity contribution in [2.75, 3.05) is 26.2 Å². The number of carboxylic acid groups (broad SMARTS) is 1. The Bertz CT molecular complexity index is 701. The van der Waals surface area contributed by atoms with Crippen LogP contribution in [0, 0.1) is 5.92 Å². The second-order valence-corrected chi connectivity index (χ2v) is 6.97. The van der Waals surface area contributed by atoms with E-state index in [1.165, 1.54) is 0 Å². The molecule has 1 atom stereocenters. The van der Waals surface area contributed by atoms with Crippen molar-refractivity contribution in [1.29, 1.82) is 0 Å². The predicted octanol–water partition coefficient (Wildman–Crippen LogP) is 4.28. The monoisotopic (exact) mass is 365 g/mol. The summed E-state index contributed by atoms with van der Waals surface area (Å²) in [6, 6.07) is 20.5. The lowest BCUT2D eigenvalue weighted by Gasteiger charge is -2.30. The van der Waals surface area contributed by atoms with Gasteiger partial charge in [0, 0.05) is 18.7 Å². The molecule has 1 fully saturated rings. The quantitative estimate of drug-likeness (QED) is 0.560. The van der Waals surface area contributed by atoms with E-state index in [9.17, 15) is 9.90 Å². The fourth-order valence-electron chi connectivity index (χ4n) is 3.51. The molecule has 2 aromatic rings. The van der Waals surface area contributed by atoms with Gasteiger partial charge < -0.3 is 14.7 Å². The fraction of sp³-hybridized carbons (Fsp3) is 0.348. The Morgan fingerprint density at radius 3 is 2.30 bits per heavy atom. The van der Waals surface area contributed by atoms with E-state index in [2.05, 4.69) is 29.2 Å². The first-order valence-electron chi connectivity index (χ1n) is 9.62. The molecule has 0 unspecified atom stereocenters. The Morgan fingerprint density at radius 2 is 1.70 bits per heavy atom. The van der Waals surface area contributed by atoms with Crippen LogP contribution in [0.1, 0.15) is 30.4 Å². The van der Waals surface area contributed by atoms with Gasteiger partial charge in [0.25, 0.3) is 0 Å². The summed E-state index contributed by atoms with van der Waals surface area (Å²) in [5, 5.41) is 9.18. The highest BCUT2D eigenvalue weighted by atomic mass is 16.5. The van der Waals surface area contributed by atoms with E-state index in [1.807, 2.05) is 42.7 Å². The van der Waals surface area contributed by atoms with Gasteiger partial charge in [-0.05, 0) is 36.9 Å². The zero-order valence-electron chi connectivity index (χ0n) is 15.6. The highest BCUT2D eigenvalue weighted by Crippen LogP contribution is 2.23. The maximum atomic E-state index is 11.2. The number of nitrogens with zero attached hydrogens (tertiary/aromatic N) is 1. The van der Waals surface area contributed by atoms with Crippen LogP contribution >= 0.6 is 0 Å². The van der Waals surface area contributed by atoms with Crippen LogP contribution in [0.3, 0.4) is 0 Å². The Hall–Kier alpha value is -2.59. The van der Waals surface area contributed by atoms with Crippen molar-refractivity contribution in [2.45, 2.75) is 19.3 Å². The van der Waals surface area contributed by atoms with Crippen molar-refractivity contribution in [3.63, 3.8) is 0 Å². The van der Waals surface area contributed by atoms with Crippen molar-refractivity contribution in [3.05, 3.63) is 78.1 Å². The van der Waals surface area contributed by atoms with Crippen LogP contribution in [0.25, 0.3) is 5.57 Å². The average Bonchev–Trinajstić information content (AvgIpc) is 2.72. The van der Waals surface area contributed by atoms with Gasteiger partial charge >= 0.3 is 5.97 Å². The smallest absolute Gasteiger partial charge is 0.307 e. The molecule has 3 rings (SSSR count). The molecule has 0 radical (unpaired) electrons. The molecule has 1 aliphatic heterocycles. The van der Waals surface area contributed by atoms with Crippen LogP contribution in [-0.2, 0) is 9.53 Å². The van der Waals surface area contributed by atoms with Crippen molar-refractivity contribution in [1.82, 2.24) is 4.90 Å². The standard InChI is InChI=1S/C23H27NO3/c25-23(26)21-13-7-14-24(17-21)15-8-16-27-18-22(19-9-3-1-4-10-19)20-11-5-2-6-12-20/h1-6,9-12,18,21H,7-8,13-17H2,(H,25,26)/t21-/m1/s1. The molecule has 142 valence electrons. The van der Waals surface area contributed by atoms with Gasteiger partial charge in [0.1, 0.15) is 0 Å². The molecule has 0 bridgehead atoms. The molecule has 0 amide bonds. The van der Waals surface area contributed by atoms with E-state index in [1.54, 1.807) is 0 Å². The molecule has 1 heterocycles. The molecule has 0 aliphatic carbocycles. The third-order valence-electron chi connectivity index (χ3n) is 4.96. The topological polar surface area (TPSA) is 49.8 Å². The average molecular weight is 365 g/mol. The minimum absolute atomic E-state index is 0.220. The van der Waals surface area contributed by atoms with Crippen LogP contribution in [0.15, 0.2) is 66.9 Å². The van der Waals surface area contributed by atoms with E-state index in [-0.39, 0.29) is 5.92 Å². The van der Waals surface area contributed by atoms with Crippen molar-refractivity contribution < 1.29 is 14.6 Å². The second-order valence-electron chi connectivity index (χ2n) is 6.97. The van der Waals surface area contributed by atoms with Crippen LogP contribution in [0.5, 0.6) is 0 Å². The number of rotatable bonds is 8. The lowest BCUT2D eigenvalue weighted by Crippen LogP contribution is -2.39. The summed E-state index contributed by atoms with van der Waals surface area (Å²) in [6.07, 6.45) is 4.49. The Kier molecular flexibility index (Phi) is 7.05. The van der Waals surface area contributed by atoms with Crippen molar-refractivity contribution in [3.8, 4) is 0 Å². The lowest BCUT2D eigenvalue weighted by atomic mass is 9.98. The molecular weight excluding hydrogens is 338 g/mol. The van der Waals surface area contributed by atoms with Crippen LogP contribution in [0.4, 0.5) is 0 Å². The molecule has 27 heavy (non-hydrogen) atoms. The molecule has 4 heteroatoms. The zero-order valence-corrected chi connectivity index (χ0v) is 15.6. The van der Waals surface area contributed by atoms with Crippen LogP contribution < -0.4 is 0 Å². The van der Waals surface area contributed by atoms with Gasteiger partial charge in [-0.25, -0.2) is 0 Å². The van der Waals surface area contributed by atoms with Crippen LogP contribution in [-0.4, -0.2) is 42.2 Å². The minimum atomic E-state index is -0.672. The second kappa shape index (κ2) is 9.93. The lowest BCUT2D eigenvalue weighted by molar-refractivity contribution is -0.143. The molecule has 0 aromatic heterocycles. The van der Waals surface area contributed by atoms with Gasteiger partial charge in [0.05, 0.1) is 18.8 Å². The number of likely N-dealkylation sites (tertiary alicyclic amines) is 1. The number of carbonyl (C=O) groups is 1. The van der Waals surface area contributed by atoms with E-state index >= 15 is 0 Å².